The monoisotopic (exact) mass is 497 g/mol. The smallest absolute Gasteiger partial charge is 0.311 e. The quantitative estimate of drug-likeness (QED) is 0.343. The first-order valence-corrected chi connectivity index (χ1v) is 12.5. The fraction of sp³-hybridized carbons (Fsp3) is 0.333. The Hall–Kier alpha value is -4.34. The van der Waals surface area contributed by atoms with Gasteiger partial charge >= 0.3 is 5.69 Å². The van der Waals surface area contributed by atoms with Crippen molar-refractivity contribution in [3.05, 3.63) is 83.1 Å². The van der Waals surface area contributed by atoms with Crippen LogP contribution in [0.4, 0.5) is 0 Å². The molecule has 1 N–H and O–H groups in total. The van der Waals surface area contributed by atoms with Gasteiger partial charge < -0.3 is 4.57 Å². The lowest BCUT2D eigenvalue weighted by Crippen LogP contribution is -2.30. The van der Waals surface area contributed by atoms with Gasteiger partial charge in [0, 0.05) is 47.1 Å². The van der Waals surface area contributed by atoms with Crippen LogP contribution in [-0.4, -0.2) is 44.3 Å². The average Bonchev–Trinajstić information content (AvgIpc) is 3.65. The number of unbranched alkanes of at least 4 members (excludes halogenated alkanes) is 1. The highest BCUT2D eigenvalue weighted by atomic mass is 16.1. The molecule has 0 spiro atoms. The van der Waals surface area contributed by atoms with Gasteiger partial charge in [0.15, 0.2) is 5.82 Å². The Bertz CT molecular complexity index is 1530. The molecule has 0 bridgehead atoms. The molecule has 0 saturated heterocycles. The van der Waals surface area contributed by atoms with Crippen molar-refractivity contribution >= 4 is 0 Å². The second kappa shape index (κ2) is 9.96. The van der Waals surface area contributed by atoms with E-state index in [0.29, 0.717) is 18.3 Å². The summed E-state index contributed by atoms with van der Waals surface area (Å²) in [6.07, 6.45) is 10.3. The Labute approximate surface area is 215 Å². The molecule has 0 atom stereocenters. The Morgan fingerprint density at radius 2 is 1.84 bits per heavy atom. The first-order chi connectivity index (χ1) is 17.9. The lowest BCUT2D eigenvalue weighted by Gasteiger charge is -2.22. The van der Waals surface area contributed by atoms with Crippen molar-refractivity contribution in [1.29, 1.82) is 0 Å². The minimum absolute atomic E-state index is 0.114. The van der Waals surface area contributed by atoms with Crippen LogP contribution in [-0.2, 0) is 18.5 Å². The van der Waals surface area contributed by atoms with Gasteiger partial charge in [-0.1, -0.05) is 43.7 Å². The summed E-state index contributed by atoms with van der Waals surface area (Å²) < 4.78 is 5.50. The molecular weight excluding hydrogens is 466 g/mol. The van der Waals surface area contributed by atoms with Gasteiger partial charge in [-0.05, 0) is 55.7 Å². The maximum atomic E-state index is 13.6. The molecule has 37 heavy (non-hydrogen) atoms. The second-order valence-corrected chi connectivity index (χ2v) is 10.1. The maximum Gasteiger partial charge on any atom is 0.335 e. The summed E-state index contributed by atoms with van der Waals surface area (Å²) in [5.41, 5.74) is 4.28. The Morgan fingerprint density at radius 1 is 1.03 bits per heavy atom. The van der Waals surface area contributed by atoms with E-state index in [9.17, 15) is 4.79 Å². The number of pyridine rings is 1. The van der Waals surface area contributed by atoms with Gasteiger partial charge in [0.1, 0.15) is 0 Å². The molecule has 5 aromatic rings. The lowest BCUT2D eigenvalue weighted by molar-refractivity contribution is 0.390. The zero-order valence-electron chi connectivity index (χ0n) is 21.6. The molecule has 0 aliphatic carbocycles. The van der Waals surface area contributed by atoms with Crippen LogP contribution in [0.5, 0.6) is 0 Å². The van der Waals surface area contributed by atoms with Gasteiger partial charge in [0.2, 0.25) is 5.95 Å². The van der Waals surface area contributed by atoms with Crippen LogP contribution in [0.2, 0.25) is 0 Å². The highest BCUT2D eigenvalue weighted by molar-refractivity contribution is 5.79. The highest BCUT2D eigenvalue weighted by Crippen LogP contribution is 2.29. The molecule has 0 aliphatic rings. The molecule has 0 fully saturated rings. The molecule has 0 saturated carbocycles. The molecule has 4 heterocycles. The van der Waals surface area contributed by atoms with Crippen molar-refractivity contribution in [1.82, 2.24) is 44.3 Å². The summed E-state index contributed by atoms with van der Waals surface area (Å²) >= 11 is 0. The van der Waals surface area contributed by atoms with Crippen LogP contribution in [0.1, 0.15) is 51.9 Å². The van der Waals surface area contributed by atoms with Crippen molar-refractivity contribution in [2.24, 2.45) is 0 Å². The number of imidazole rings is 2. The van der Waals surface area contributed by atoms with Gasteiger partial charge in [0.25, 0.3) is 0 Å². The number of aromatic amines is 1. The predicted molar refractivity (Wildman–Crippen MR) is 141 cm³/mol. The third-order valence-electron chi connectivity index (χ3n) is 6.39. The first kappa shape index (κ1) is 24.4. The predicted octanol–water partition coefficient (Wildman–Crippen LogP) is 4.22. The number of hydrogen-bond acceptors (Lipinski definition) is 6. The molecular formula is C27H31N9O. The van der Waals surface area contributed by atoms with E-state index < -0.39 is 0 Å². The molecule has 1 aromatic carbocycles. The number of rotatable bonds is 8. The summed E-state index contributed by atoms with van der Waals surface area (Å²) in [6.45, 7) is 8.83. The van der Waals surface area contributed by atoms with Gasteiger partial charge in [-0.2, -0.15) is 0 Å². The van der Waals surface area contributed by atoms with E-state index in [4.69, 9.17) is 4.98 Å². The molecule has 0 amide bonds. The van der Waals surface area contributed by atoms with E-state index in [0.717, 1.165) is 47.3 Å². The first-order valence-electron chi connectivity index (χ1n) is 12.5. The maximum absolute atomic E-state index is 13.6. The van der Waals surface area contributed by atoms with E-state index in [1.165, 1.54) is 0 Å². The number of aromatic nitrogens is 9. The topological polar surface area (TPSA) is 112 Å². The Balaban J connectivity index is 1.48. The van der Waals surface area contributed by atoms with Gasteiger partial charge in [-0.25, -0.2) is 19.4 Å². The number of hydrogen-bond donors (Lipinski definition) is 1. The Kier molecular flexibility index (Phi) is 6.56. The number of H-pyrrole nitrogens is 1. The lowest BCUT2D eigenvalue weighted by atomic mass is 10.0. The Morgan fingerprint density at radius 3 is 2.51 bits per heavy atom. The van der Waals surface area contributed by atoms with Crippen LogP contribution in [0.15, 0.2) is 66.0 Å². The molecule has 4 aromatic heterocycles. The van der Waals surface area contributed by atoms with Crippen molar-refractivity contribution < 1.29 is 0 Å². The van der Waals surface area contributed by atoms with Gasteiger partial charge in [0.05, 0.1) is 12.2 Å². The number of tetrazole rings is 1. The SMILES string of the molecule is CCCCc1cn(-c2nccn2C(C)(C)C)c(=O)n1Cc1ccc(-c2ccccc2-c2nnn[nH]2)cn1. The van der Waals surface area contributed by atoms with Crippen molar-refractivity contribution in [3.8, 4) is 28.5 Å². The zero-order valence-corrected chi connectivity index (χ0v) is 21.6. The van der Waals surface area contributed by atoms with Crippen LogP contribution >= 0.6 is 0 Å². The second-order valence-electron chi connectivity index (χ2n) is 10.1. The van der Waals surface area contributed by atoms with Crippen molar-refractivity contribution in [3.63, 3.8) is 0 Å². The van der Waals surface area contributed by atoms with Crippen LogP contribution in [0, 0.1) is 0 Å². The number of nitrogens with zero attached hydrogens (tertiary/aromatic N) is 8. The standard InChI is InChI=1S/C27H31N9O/c1-5-6-9-21-18-35(25-28-14-15-36(25)27(2,3)4)26(37)34(21)17-20-13-12-19(16-29-20)22-10-7-8-11-23(22)24-30-32-33-31-24/h7-8,10-16,18H,5-6,9,17H2,1-4H3,(H,30,31,32,33). The van der Waals surface area contributed by atoms with Crippen molar-refractivity contribution in [2.75, 3.05) is 0 Å². The largest absolute Gasteiger partial charge is 0.335 e. The number of benzene rings is 1. The summed E-state index contributed by atoms with van der Waals surface area (Å²) in [5.74, 6) is 1.22. The molecule has 0 unspecified atom stereocenters. The van der Waals surface area contributed by atoms with Crippen LogP contribution in [0.3, 0.4) is 0 Å². The van der Waals surface area contributed by atoms with E-state index in [1.807, 2.05) is 64.1 Å². The summed E-state index contributed by atoms with van der Waals surface area (Å²) in [6, 6.07) is 11.9. The minimum atomic E-state index is -0.202. The van der Waals surface area contributed by atoms with Crippen molar-refractivity contribution in [2.45, 2.75) is 59.0 Å². The third-order valence-corrected chi connectivity index (χ3v) is 6.39. The van der Waals surface area contributed by atoms with E-state index in [2.05, 4.69) is 53.3 Å². The van der Waals surface area contributed by atoms with Gasteiger partial charge in [-0.15, -0.1) is 5.10 Å². The number of nitrogens with one attached hydrogen (secondary N) is 1. The average molecular weight is 498 g/mol. The normalized spacial score (nSPS) is 11.8. The van der Waals surface area contributed by atoms with Crippen LogP contribution in [0.25, 0.3) is 28.5 Å². The third kappa shape index (κ3) is 4.87. The van der Waals surface area contributed by atoms with Gasteiger partial charge in [-0.3, -0.25) is 9.55 Å². The summed E-state index contributed by atoms with van der Waals surface area (Å²) in [7, 11) is 0. The van der Waals surface area contributed by atoms with E-state index in [-0.39, 0.29) is 11.2 Å². The molecule has 10 nitrogen and oxygen atoms in total. The number of aryl methyl sites for hydroxylation is 1. The molecule has 0 radical (unpaired) electrons. The molecule has 0 aliphatic heterocycles. The fourth-order valence-corrected chi connectivity index (χ4v) is 4.45. The fourth-order valence-electron chi connectivity index (χ4n) is 4.45. The summed E-state index contributed by atoms with van der Waals surface area (Å²) in [5, 5.41) is 14.3. The molecule has 190 valence electrons. The highest BCUT2D eigenvalue weighted by Gasteiger charge is 2.21. The minimum Gasteiger partial charge on any atom is -0.311 e. The molecule has 5 rings (SSSR count). The summed E-state index contributed by atoms with van der Waals surface area (Å²) in [4.78, 5) is 22.8. The van der Waals surface area contributed by atoms with E-state index in [1.54, 1.807) is 10.8 Å². The molecule has 10 heteroatoms. The van der Waals surface area contributed by atoms with E-state index >= 15 is 0 Å². The zero-order chi connectivity index (χ0) is 26.0. The van der Waals surface area contributed by atoms with Crippen LogP contribution < -0.4 is 5.69 Å².